The Bertz CT molecular complexity index is 499. The van der Waals surface area contributed by atoms with Crippen LogP contribution in [0.25, 0.3) is 0 Å². The van der Waals surface area contributed by atoms with Crippen LogP contribution in [0.5, 0.6) is 0 Å². The summed E-state index contributed by atoms with van der Waals surface area (Å²) in [5.41, 5.74) is 4.29. The van der Waals surface area contributed by atoms with Crippen molar-refractivity contribution in [1.82, 2.24) is 5.32 Å². The molecule has 0 aromatic heterocycles. The quantitative estimate of drug-likeness (QED) is 0.764. The SMILES string of the molecule is CNCCOC1=CC=C(C(C)Cc2ccc(C)cc2)CC1. The van der Waals surface area contributed by atoms with Crippen molar-refractivity contribution in [2.75, 3.05) is 20.2 Å². The highest BCUT2D eigenvalue weighted by Crippen LogP contribution is 2.27. The molecule has 1 aliphatic carbocycles. The average molecular weight is 285 g/mol. The minimum absolute atomic E-state index is 0.600. The second-order valence-corrected chi connectivity index (χ2v) is 5.92. The van der Waals surface area contributed by atoms with Crippen molar-refractivity contribution in [2.45, 2.75) is 33.1 Å². The first-order valence-electron chi connectivity index (χ1n) is 7.91. The first-order chi connectivity index (χ1) is 10.2. The van der Waals surface area contributed by atoms with Crippen molar-refractivity contribution < 1.29 is 4.74 Å². The maximum atomic E-state index is 5.74. The molecule has 0 bridgehead atoms. The van der Waals surface area contributed by atoms with Crippen molar-refractivity contribution in [3.8, 4) is 0 Å². The van der Waals surface area contributed by atoms with Gasteiger partial charge in [0.05, 0.1) is 5.76 Å². The predicted molar refractivity (Wildman–Crippen MR) is 89.3 cm³/mol. The Morgan fingerprint density at radius 1 is 1.14 bits per heavy atom. The van der Waals surface area contributed by atoms with Gasteiger partial charge in [-0.1, -0.05) is 48.4 Å². The largest absolute Gasteiger partial charge is 0.497 e. The van der Waals surface area contributed by atoms with Crippen molar-refractivity contribution in [2.24, 2.45) is 5.92 Å². The molecule has 0 aliphatic heterocycles. The zero-order valence-corrected chi connectivity index (χ0v) is 13.5. The number of rotatable bonds is 7. The smallest absolute Gasteiger partial charge is 0.100 e. The average Bonchev–Trinajstić information content (AvgIpc) is 2.50. The summed E-state index contributed by atoms with van der Waals surface area (Å²) in [5.74, 6) is 1.72. The summed E-state index contributed by atoms with van der Waals surface area (Å²) in [6, 6.07) is 8.89. The number of likely N-dealkylation sites (N-methyl/N-ethyl adjacent to an activating group) is 1. The molecule has 0 saturated carbocycles. The van der Waals surface area contributed by atoms with E-state index in [1.165, 1.54) is 16.7 Å². The molecular formula is C19H27NO. The van der Waals surface area contributed by atoms with E-state index in [9.17, 15) is 0 Å². The van der Waals surface area contributed by atoms with E-state index in [1.54, 1.807) is 0 Å². The third-order valence-electron chi connectivity index (χ3n) is 4.08. The van der Waals surface area contributed by atoms with E-state index in [-0.39, 0.29) is 0 Å². The minimum Gasteiger partial charge on any atom is -0.497 e. The Morgan fingerprint density at radius 3 is 2.52 bits per heavy atom. The van der Waals surface area contributed by atoms with Gasteiger partial charge in [-0.15, -0.1) is 0 Å². The summed E-state index contributed by atoms with van der Waals surface area (Å²) in [7, 11) is 1.95. The van der Waals surface area contributed by atoms with Crippen LogP contribution in [0.4, 0.5) is 0 Å². The summed E-state index contributed by atoms with van der Waals surface area (Å²) in [4.78, 5) is 0. The molecule has 1 unspecified atom stereocenters. The lowest BCUT2D eigenvalue weighted by molar-refractivity contribution is 0.203. The first kappa shape index (κ1) is 15.8. The molecule has 1 aromatic carbocycles. The van der Waals surface area contributed by atoms with Crippen LogP contribution in [0.3, 0.4) is 0 Å². The lowest BCUT2D eigenvalue weighted by Crippen LogP contribution is -2.15. The monoisotopic (exact) mass is 285 g/mol. The minimum atomic E-state index is 0.600. The molecular weight excluding hydrogens is 258 g/mol. The molecule has 2 heteroatoms. The first-order valence-corrected chi connectivity index (χ1v) is 7.91. The predicted octanol–water partition coefficient (Wildman–Crippen LogP) is 4.01. The third kappa shape index (κ3) is 5.05. The fraction of sp³-hybridized carbons (Fsp3) is 0.474. The van der Waals surface area contributed by atoms with Crippen molar-refractivity contribution >= 4 is 0 Å². The summed E-state index contributed by atoms with van der Waals surface area (Å²) >= 11 is 0. The highest BCUT2D eigenvalue weighted by molar-refractivity contribution is 5.26. The van der Waals surface area contributed by atoms with E-state index in [4.69, 9.17) is 4.74 Å². The molecule has 2 nitrogen and oxygen atoms in total. The Balaban J connectivity index is 1.88. The maximum Gasteiger partial charge on any atom is 0.100 e. The summed E-state index contributed by atoms with van der Waals surface area (Å²) in [5, 5.41) is 3.10. The highest BCUT2D eigenvalue weighted by atomic mass is 16.5. The maximum absolute atomic E-state index is 5.74. The van der Waals surface area contributed by atoms with Crippen LogP contribution < -0.4 is 5.32 Å². The topological polar surface area (TPSA) is 21.3 Å². The number of ether oxygens (including phenoxy) is 1. The molecule has 0 spiro atoms. The van der Waals surface area contributed by atoms with E-state index in [0.29, 0.717) is 5.92 Å². The van der Waals surface area contributed by atoms with Crippen molar-refractivity contribution in [3.05, 3.63) is 58.9 Å². The lowest BCUT2D eigenvalue weighted by atomic mass is 9.88. The zero-order valence-electron chi connectivity index (χ0n) is 13.5. The van der Waals surface area contributed by atoms with Crippen LogP contribution >= 0.6 is 0 Å². The molecule has 1 aliphatic rings. The van der Waals surface area contributed by atoms with Gasteiger partial charge in [-0.05, 0) is 44.4 Å². The van der Waals surface area contributed by atoms with Crippen molar-refractivity contribution in [1.29, 1.82) is 0 Å². The van der Waals surface area contributed by atoms with Gasteiger partial charge < -0.3 is 10.1 Å². The van der Waals surface area contributed by atoms with Gasteiger partial charge in [-0.3, -0.25) is 0 Å². The number of hydrogen-bond donors (Lipinski definition) is 1. The van der Waals surface area contributed by atoms with Crippen LogP contribution in [0, 0.1) is 12.8 Å². The van der Waals surface area contributed by atoms with Crippen LogP contribution in [-0.2, 0) is 11.2 Å². The van der Waals surface area contributed by atoms with Gasteiger partial charge in [0.25, 0.3) is 0 Å². The molecule has 1 N–H and O–H groups in total. The lowest BCUT2D eigenvalue weighted by Gasteiger charge is -2.20. The number of hydrogen-bond acceptors (Lipinski definition) is 2. The fourth-order valence-corrected chi connectivity index (χ4v) is 2.66. The van der Waals surface area contributed by atoms with Crippen LogP contribution in [0.1, 0.15) is 30.9 Å². The highest BCUT2D eigenvalue weighted by Gasteiger charge is 2.14. The Labute approximate surface area is 128 Å². The van der Waals surface area contributed by atoms with Crippen molar-refractivity contribution in [3.63, 3.8) is 0 Å². The fourth-order valence-electron chi connectivity index (χ4n) is 2.66. The molecule has 2 rings (SSSR count). The summed E-state index contributed by atoms with van der Waals surface area (Å²) < 4.78 is 5.74. The summed E-state index contributed by atoms with van der Waals surface area (Å²) in [6.07, 6.45) is 7.69. The van der Waals surface area contributed by atoms with Gasteiger partial charge in [0.15, 0.2) is 0 Å². The molecule has 0 amide bonds. The number of allylic oxidation sites excluding steroid dienone is 4. The van der Waals surface area contributed by atoms with Gasteiger partial charge >= 0.3 is 0 Å². The standard InChI is InChI=1S/C19H27NO/c1-15-4-6-17(7-5-15)14-16(2)18-8-10-19(11-9-18)21-13-12-20-3/h4-8,10,16,20H,9,11-14H2,1-3H3. The van der Waals surface area contributed by atoms with E-state index in [0.717, 1.165) is 38.2 Å². The Morgan fingerprint density at radius 2 is 1.90 bits per heavy atom. The second kappa shape index (κ2) is 8.04. The van der Waals surface area contributed by atoms with E-state index in [2.05, 4.69) is 55.6 Å². The Kier molecular flexibility index (Phi) is 6.06. The van der Waals surface area contributed by atoms with E-state index < -0.39 is 0 Å². The molecule has 0 saturated heterocycles. The molecule has 114 valence electrons. The summed E-state index contributed by atoms with van der Waals surface area (Å²) in [6.45, 7) is 6.12. The molecule has 1 atom stereocenters. The molecule has 0 heterocycles. The number of nitrogens with one attached hydrogen (secondary N) is 1. The third-order valence-corrected chi connectivity index (χ3v) is 4.08. The van der Waals surface area contributed by atoms with E-state index in [1.807, 2.05) is 7.05 Å². The Hall–Kier alpha value is -1.54. The van der Waals surface area contributed by atoms with Crippen LogP contribution in [0.15, 0.2) is 47.7 Å². The molecule has 1 aromatic rings. The second-order valence-electron chi connectivity index (χ2n) is 5.92. The van der Waals surface area contributed by atoms with Gasteiger partial charge in [-0.25, -0.2) is 0 Å². The molecule has 0 radical (unpaired) electrons. The van der Waals surface area contributed by atoms with Gasteiger partial charge in [0, 0.05) is 13.0 Å². The zero-order chi connectivity index (χ0) is 15.1. The van der Waals surface area contributed by atoms with Gasteiger partial charge in [0.1, 0.15) is 6.61 Å². The number of aryl methyl sites for hydroxylation is 1. The van der Waals surface area contributed by atoms with E-state index >= 15 is 0 Å². The molecule has 21 heavy (non-hydrogen) atoms. The normalized spacial score (nSPS) is 16.1. The number of benzene rings is 1. The van der Waals surface area contributed by atoms with Crippen LogP contribution in [0.2, 0.25) is 0 Å². The van der Waals surface area contributed by atoms with Gasteiger partial charge in [-0.2, -0.15) is 0 Å². The van der Waals surface area contributed by atoms with Crippen LogP contribution in [-0.4, -0.2) is 20.2 Å². The molecule has 0 fully saturated rings. The van der Waals surface area contributed by atoms with Gasteiger partial charge in [0.2, 0.25) is 0 Å².